The minimum Gasteiger partial charge on any atom is -0.327 e. The van der Waals surface area contributed by atoms with Gasteiger partial charge in [-0.05, 0) is 31.2 Å². The molecule has 24 heavy (non-hydrogen) atoms. The number of rotatable bonds is 5. The first kappa shape index (κ1) is 16.9. The molecule has 3 rings (SSSR count). The van der Waals surface area contributed by atoms with Crippen molar-refractivity contribution >= 4 is 32.7 Å². The van der Waals surface area contributed by atoms with E-state index in [1.807, 2.05) is 35.8 Å². The van der Waals surface area contributed by atoms with E-state index in [9.17, 15) is 8.42 Å². The van der Waals surface area contributed by atoms with Crippen molar-refractivity contribution in [2.75, 3.05) is 7.05 Å². The Labute approximate surface area is 145 Å². The highest BCUT2D eigenvalue weighted by atomic mass is 35.5. The molecule has 3 aromatic rings. The third kappa shape index (κ3) is 3.02. The van der Waals surface area contributed by atoms with Crippen LogP contribution in [0.1, 0.15) is 12.7 Å². The van der Waals surface area contributed by atoms with Crippen LogP contribution in [0.3, 0.4) is 0 Å². The number of nitrogens with zero attached hydrogens (tertiary/aromatic N) is 4. The molecule has 0 aliphatic carbocycles. The number of imidazole rings is 1. The summed E-state index contributed by atoms with van der Waals surface area (Å²) in [7, 11) is -2.13. The van der Waals surface area contributed by atoms with Crippen LogP contribution in [0.15, 0.2) is 47.5 Å². The van der Waals surface area contributed by atoms with Crippen molar-refractivity contribution in [3.8, 4) is 0 Å². The summed E-state index contributed by atoms with van der Waals surface area (Å²) in [6.07, 6.45) is 1.26. The molecule has 0 spiro atoms. The van der Waals surface area contributed by atoms with Crippen LogP contribution in [0.5, 0.6) is 0 Å². The Morgan fingerprint density at radius 1 is 1.21 bits per heavy atom. The van der Waals surface area contributed by atoms with Gasteiger partial charge in [-0.1, -0.05) is 23.7 Å². The van der Waals surface area contributed by atoms with Crippen LogP contribution >= 0.6 is 11.6 Å². The monoisotopic (exact) mass is 364 g/mol. The molecule has 126 valence electrons. The second-order valence-corrected chi connectivity index (χ2v) is 7.77. The van der Waals surface area contributed by atoms with Gasteiger partial charge in [0, 0.05) is 19.8 Å². The molecule has 0 radical (unpaired) electrons. The van der Waals surface area contributed by atoms with E-state index in [2.05, 4.69) is 9.97 Å². The van der Waals surface area contributed by atoms with Gasteiger partial charge in [0.25, 0.3) is 0 Å². The number of aryl methyl sites for hydroxylation is 1. The van der Waals surface area contributed by atoms with Gasteiger partial charge in [0.1, 0.15) is 15.9 Å². The fourth-order valence-corrected chi connectivity index (χ4v) is 3.76. The molecule has 0 bridgehead atoms. The van der Waals surface area contributed by atoms with Crippen LogP contribution in [0.2, 0.25) is 5.15 Å². The van der Waals surface area contributed by atoms with Gasteiger partial charge in [0.15, 0.2) is 0 Å². The average molecular weight is 365 g/mol. The van der Waals surface area contributed by atoms with Crippen LogP contribution in [-0.2, 0) is 23.1 Å². The molecule has 0 fully saturated rings. The van der Waals surface area contributed by atoms with Crippen molar-refractivity contribution in [3.63, 3.8) is 0 Å². The van der Waals surface area contributed by atoms with Gasteiger partial charge in [0.05, 0.1) is 17.6 Å². The molecule has 2 aromatic heterocycles. The standard InChI is InChI=1S/C16H17ClN4O2S/c1-3-21-14-7-5-4-6-13(14)19-16(21)11-20(2)24(22,23)12-8-9-15(17)18-10-12/h4-10H,3,11H2,1-2H3. The number of hydrogen-bond donors (Lipinski definition) is 0. The van der Waals surface area contributed by atoms with E-state index < -0.39 is 10.0 Å². The first-order valence-electron chi connectivity index (χ1n) is 7.45. The van der Waals surface area contributed by atoms with E-state index >= 15 is 0 Å². The van der Waals surface area contributed by atoms with Crippen molar-refractivity contribution < 1.29 is 8.42 Å². The predicted molar refractivity (Wildman–Crippen MR) is 93.3 cm³/mol. The molecule has 0 aliphatic heterocycles. The van der Waals surface area contributed by atoms with E-state index in [-0.39, 0.29) is 16.6 Å². The summed E-state index contributed by atoms with van der Waals surface area (Å²) >= 11 is 5.72. The highest BCUT2D eigenvalue weighted by Crippen LogP contribution is 2.20. The molecular formula is C16H17ClN4O2S. The quantitative estimate of drug-likeness (QED) is 0.653. The van der Waals surface area contributed by atoms with Crippen molar-refractivity contribution in [1.82, 2.24) is 18.8 Å². The van der Waals surface area contributed by atoms with E-state index in [1.54, 1.807) is 0 Å². The predicted octanol–water partition coefficient (Wildman–Crippen LogP) is 2.93. The van der Waals surface area contributed by atoms with Gasteiger partial charge >= 0.3 is 0 Å². The molecular weight excluding hydrogens is 348 g/mol. The summed E-state index contributed by atoms with van der Waals surface area (Å²) in [5.74, 6) is 0.701. The third-order valence-electron chi connectivity index (χ3n) is 3.82. The summed E-state index contributed by atoms with van der Waals surface area (Å²) in [6, 6.07) is 10.7. The topological polar surface area (TPSA) is 68.1 Å². The normalized spacial score (nSPS) is 12.2. The highest BCUT2D eigenvalue weighted by molar-refractivity contribution is 7.89. The molecule has 2 heterocycles. The Morgan fingerprint density at radius 3 is 2.62 bits per heavy atom. The van der Waals surface area contributed by atoms with Crippen molar-refractivity contribution in [2.45, 2.75) is 24.9 Å². The Bertz CT molecular complexity index is 967. The molecule has 0 aliphatic rings. The van der Waals surface area contributed by atoms with Gasteiger partial charge in [-0.3, -0.25) is 0 Å². The first-order valence-corrected chi connectivity index (χ1v) is 9.27. The lowest BCUT2D eigenvalue weighted by molar-refractivity contribution is 0.448. The van der Waals surface area contributed by atoms with Gasteiger partial charge in [-0.25, -0.2) is 18.4 Å². The number of pyridine rings is 1. The summed E-state index contributed by atoms with van der Waals surface area (Å²) < 4.78 is 28.6. The zero-order chi connectivity index (χ0) is 17.3. The average Bonchev–Trinajstić information content (AvgIpc) is 2.92. The SMILES string of the molecule is CCn1c(CN(C)S(=O)(=O)c2ccc(Cl)nc2)nc2ccccc21. The Balaban J connectivity index is 1.94. The summed E-state index contributed by atoms with van der Waals surface area (Å²) in [5, 5.41) is 0.254. The number of hydrogen-bond acceptors (Lipinski definition) is 4. The Kier molecular flexibility index (Phi) is 4.58. The van der Waals surface area contributed by atoms with Crippen molar-refractivity contribution in [3.05, 3.63) is 53.6 Å². The molecule has 0 N–H and O–H groups in total. The molecule has 8 heteroatoms. The van der Waals surface area contributed by atoms with Crippen LogP contribution < -0.4 is 0 Å². The summed E-state index contributed by atoms with van der Waals surface area (Å²) in [4.78, 5) is 8.51. The number of para-hydroxylation sites is 2. The van der Waals surface area contributed by atoms with Crippen molar-refractivity contribution in [1.29, 1.82) is 0 Å². The molecule has 0 unspecified atom stereocenters. The lowest BCUT2D eigenvalue weighted by atomic mass is 10.3. The maximum atomic E-state index is 12.7. The molecule has 0 amide bonds. The van der Waals surface area contributed by atoms with E-state index in [1.165, 1.54) is 29.7 Å². The van der Waals surface area contributed by atoms with Crippen LogP contribution in [0, 0.1) is 0 Å². The lowest BCUT2D eigenvalue weighted by Gasteiger charge is -2.17. The van der Waals surface area contributed by atoms with Crippen molar-refractivity contribution in [2.24, 2.45) is 0 Å². The minimum absolute atomic E-state index is 0.105. The molecule has 0 atom stereocenters. The fraction of sp³-hybridized carbons (Fsp3) is 0.250. The first-order chi connectivity index (χ1) is 11.4. The second kappa shape index (κ2) is 6.51. The number of sulfonamides is 1. The number of aromatic nitrogens is 3. The molecule has 1 aromatic carbocycles. The van der Waals surface area contributed by atoms with E-state index in [4.69, 9.17) is 11.6 Å². The van der Waals surface area contributed by atoms with Gasteiger partial charge in [-0.2, -0.15) is 4.31 Å². The maximum absolute atomic E-state index is 12.7. The molecule has 0 saturated heterocycles. The van der Waals surface area contributed by atoms with Crippen LogP contribution in [-0.4, -0.2) is 34.3 Å². The second-order valence-electron chi connectivity index (χ2n) is 5.34. The number of halogens is 1. The zero-order valence-corrected chi connectivity index (χ0v) is 14.9. The largest absolute Gasteiger partial charge is 0.327 e. The molecule has 0 saturated carbocycles. The van der Waals surface area contributed by atoms with Gasteiger partial charge in [-0.15, -0.1) is 0 Å². The maximum Gasteiger partial charge on any atom is 0.244 e. The number of benzene rings is 1. The summed E-state index contributed by atoms with van der Waals surface area (Å²) in [5.41, 5.74) is 1.85. The van der Waals surface area contributed by atoms with E-state index in [0.717, 1.165) is 11.0 Å². The minimum atomic E-state index is -3.66. The fourth-order valence-electron chi connectivity index (χ4n) is 2.58. The Hall–Kier alpha value is -1.96. The lowest BCUT2D eigenvalue weighted by Crippen LogP contribution is -2.28. The van der Waals surface area contributed by atoms with Crippen LogP contribution in [0.25, 0.3) is 11.0 Å². The van der Waals surface area contributed by atoms with Gasteiger partial charge in [0.2, 0.25) is 10.0 Å². The zero-order valence-electron chi connectivity index (χ0n) is 13.3. The highest BCUT2D eigenvalue weighted by Gasteiger charge is 2.23. The third-order valence-corrected chi connectivity index (χ3v) is 5.83. The Morgan fingerprint density at radius 2 is 1.96 bits per heavy atom. The number of fused-ring (bicyclic) bond motifs is 1. The smallest absolute Gasteiger partial charge is 0.244 e. The van der Waals surface area contributed by atoms with E-state index in [0.29, 0.717) is 12.4 Å². The van der Waals surface area contributed by atoms with Crippen LogP contribution in [0.4, 0.5) is 0 Å². The van der Waals surface area contributed by atoms with Gasteiger partial charge < -0.3 is 4.57 Å². The summed E-state index contributed by atoms with van der Waals surface area (Å²) in [6.45, 7) is 2.90. The molecule has 6 nitrogen and oxygen atoms in total.